The highest BCUT2D eigenvalue weighted by atomic mass is 32.1. The normalized spacial score (nSPS) is 11.0. The molecule has 3 aromatic heterocycles. The van der Waals surface area contributed by atoms with Crippen molar-refractivity contribution in [3.63, 3.8) is 0 Å². The van der Waals surface area contributed by atoms with E-state index in [0.717, 1.165) is 16.7 Å². The molecule has 0 spiro atoms. The molecule has 11 heteroatoms. The molecule has 3 aromatic rings. The van der Waals surface area contributed by atoms with Gasteiger partial charge in [-0.25, -0.2) is 19.7 Å². The number of thiazole rings is 1. The maximum absolute atomic E-state index is 13.0. The van der Waals surface area contributed by atoms with Gasteiger partial charge in [0.15, 0.2) is 5.69 Å². The van der Waals surface area contributed by atoms with Crippen LogP contribution in [-0.4, -0.2) is 27.5 Å². The molecular formula is C18H13F3N6OS. The third kappa shape index (κ3) is 4.67. The van der Waals surface area contributed by atoms with Crippen LogP contribution in [0.4, 0.5) is 23.8 Å². The van der Waals surface area contributed by atoms with Crippen molar-refractivity contribution in [1.29, 1.82) is 5.26 Å². The van der Waals surface area contributed by atoms with Crippen LogP contribution in [-0.2, 0) is 6.18 Å². The number of carbonyl (C=O) groups is 1. The molecule has 0 unspecified atom stereocenters. The fraction of sp³-hybridized carbons (Fsp3) is 0.167. The number of nitrogens with zero attached hydrogens (tertiary/aromatic N) is 4. The maximum Gasteiger partial charge on any atom is 0.434 e. The van der Waals surface area contributed by atoms with E-state index in [1.165, 1.54) is 18.3 Å². The van der Waals surface area contributed by atoms with Gasteiger partial charge in [-0.05, 0) is 25.1 Å². The zero-order valence-electron chi connectivity index (χ0n) is 14.9. The molecule has 0 atom stereocenters. The summed E-state index contributed by atoms with van der Waals surface area (Å²) in [6.07, 6.45) is -3.21. The quantitative estimate of drug-likeness (QED) is 0.658. The summed E-state index contributed by atoms with van der Waals surface area (Å²) in [4.78, 5) is 23.8. The Morgan fingerprint density at radius 1 is 1.28 bits per heavy atom. The number of nitriles is 1. The average molecular weight is 418 g/mol. The molecule has 0 bridgehead atoms. The van der Waals surface area contributed by atoms with Crippen LogP contribution in [0.15, 0.2) is 35.8 Å². The minimum atomic E-state index is -4.58. The largest absolute Gasteiger partial charge is 0.434 e. The molecule has 0 saturated carbocycles. The molecule has 3 heterocycles. The highest BCUT2D eigenvalue weighted by Gasteiger charge is 2.34. The van der Waals surface area contributed by atoms with Gasteiger partial charge in [0, 0.05) is 29.2 Å². The Balaban J connectivity index is 2.11. The van der Waals surface area contributed by atoms with Gasteiger partial charge in [0.05, 0.1) is 5.69 Å². The van der Waals surface area contributed by atoms with E-state index in [4.69, 9.17) is 5.26 Å². The van der Waals surface area contributed by atoms with Crippen molar-refractivity contribution in [3.8, 4) is 27.9 Å². The predicted molar refractivity (Wildman–Crippen MR) is 101 cm³/mol. The van der Waals surface area contributed by atoms with Gasteiger partial charge in [0.2, 0.25) is 0 Å². The molecule has 0 fully saturated rings. The first-order valence-electron chi connectivity index (χ1n) is 8.27. The standard InChI is InChI=1S/C18H13F3N6OS/c1-2-23-17(28)27-15-6-11(16-26-14(9-29-16)18(19,20)21)12(8-24-15)13-5-3-4-10(7-22)25-13/h3-6,8-9H,2H2,1H3,(H2,23,24,27,28). The number of hydrogen-bond acceptors (Lipinski definition) is 6. The van der Waals surface area contributed by atoms with Crippen molar-refractivity contribution in [1.82, 2.24) is 20.3 Å². The van der Waals surface area contributed by atoms with Crippen molar-refractivity contribution in [2.24, 2.45) is 0 Å². The second kappa shape index (κ2) is 8.24. The number of halogens is 3. The molecule has 0 aliphatic rings. The van der Waals surface area contributed by atoms with Crippen LogP contribution in [0.3, 0.4) is 0 Å². The Morgan fingerprint density at radius 2 is 2.07 bits per heavy atom. The molecule has 0 aliphatic carbocycles. The molecule has 0 aliphatic heterocycles. The number of alkyl halides is 3. The Labute approximate surface area is 167 Å². The minimum Gasteiger partial charge on any atom is -0.338 e. The van der Waals surface area contributed by atoms with E-state index < -0.39 is 17.9 Å². The van der Waals surface area contributed by atoms with Crippen molar-refractivity contribution in [3.05, 3.63) is 47.2 Å². The zero-order chi connectivity index (χ0) is 21.0. The minimum absolute atomic E-state index is 0.0813. The first-order chi connectivity index (χ1) is 13.8. The van der Waals surface area contributed by atoms with Gasteiger partial charge in [-0.15, -0.1) is 11.3 Å². The van der Waals surface area contributed by atoms with Gasteiger partial charge in [-0.1, -0.05) is 6.07 Å². The van der Waals surface area contributed by atoms with Crippen LogP contribution in [0.5, 0.6) is 0 Å². The average Bonchev–Trinajstić information content (AvgIpc) is 3.19. The van der Waals surface area contributed by atoms with Gasteiger partial charge >= 0.3 is 12.2 Å². The molecule has 0 aromatic carbocycles. The molecule has 148 valence electrons. The lowest BCUT2D eigenvalue weighted by atomic mass is 10.1. The first-order valence-corrected chi connectivity index (χ1v) is 9.15. The Hall–Kier alpha value is -3.52. The fourth-order valence-electron chi connectivity index (χ4n) is 2.40. The number of urea groups is 1. The van der Waals surface area contributed by atoms with Crippen LogP contribution in [0.1, 0.15) is 18.3 Å². The summed E-state index contributed by atoms with van der Waals surface area (Å²) in [5.41, 5.74) is 0.159. The van der Waals surface area contributed by atoms with Crippen molar-refractivity contribution < 1.29 is 18.0 Å². The predicted octanol–water partition coefficient (Wildman–Crippen LogP) is 4.30. The van der Waals surface area contributed by atoms with E-state index >= 15 is 0 Å². The number of amides is 2. The number of nitrogens with one attached hydrogen (secondary N) is 2. The van der Waals surface area contributed by atoms with Crippen LogP contribution in [0.25, 0.3) is 21.8 Å². The molecule has 3 rings (SSSR count). The summed E-state index contributed by atoms with van der Waals surface area (Å²) in [7, 11) is 0. The molecule has 2 amide bonds. The molecule has 0 saturated heterocycles. The second-order valence-electron chi connectivity index (χ2n) is 5.66. The smallest absolute Gasteiger partial charge is 0.338 e. The van der Waals surface area contributed by atoms with Crippen LogP contribution in [0, 0.1) is 11.3 Å². The van der Waals surface area contributed by atoms with Crippen molar-refractivity contribution in [2.75, 3.05) is 11.9 Å². The third-order valence-electron chi connectivity index (χ3n) is 3.65. The van der Waals surface area contributed by atoms with Gasteiger partial charge in [0.1, 0.15) is 22.6 Å². The fourth-order valence-corrected chi connectivity index (χ4v) is 3.26. The number of pyridine rings is 2. The SMILES string of the molecule is CCNC(=O)Nc1cc(-c2nc(C(F)(F)F)cs2)c(-c2cccc(C#N)n2)cn1. The lowest BCUT2D eigenvalue weighted by Crippen LogP contribution is -2.28. The third-order valence-corrected chi connectivity index (χ3v) is 4.52. The van der Waals surface area contributed by atoms with E-state index in [0.29, 0.717) is 23.4 Å². The van der Waals surface area contributed by atoms with Crippen molar-refractivity contribution in [2.45, 2.75) is 13.1 Å². The number of rotatable bonds is 4. The summed E-state index contributed by atoms with van der Waals surface area (Å²) in [5, 5.41) is 15.1. The Morgan fingerprint density at radius 3 is 2.72 bits per heavy atom. The number of hydrogen-bond donors (Lipinski definition) is 2. The van der Waals surface area contributed by atoms with Gasteiger partial charge in [-0.2, -0.15) is 18.4 Å². The summed E-state index contributed by atoms with van der Waals surface area (Å²) in [6, 6.07) is 7.55. The summed E-state index contributed by atoms with van der Waals surface area (Å²) >= 11 is 0.806. The molecule has 29 heavy (non-hydrogen) atoms. The number of anilines is 1. The molecule has 2 N–H and O–H groups in total. The Bertz CT molecular complexity index is 1090. The summed E-state index contributed by atoms with van der Waals surface area (Å²) in [6.45, 7) is 2.13. The lowest BCUT2D eigenvalue weighted by molar-refractivity contribution is -0.140. The number of aromatic nitrogens is 3. The van der Waals surface area contributed by atoms with Crippen molar-refractivity contribution >= 4 is 23.2 Å². The van der Waals surface area contributed by atoms with Gasteiger partial charge in [0.25, 0.3) is 0 Å². The first kappa shape index (κ1) is 20.2. The van der Waals surface area contributed by atoms with Crippen LogP contribution < -0.4 is 10.6 Å². The topological polar surface area (TPSA) is 104 Å². The van der Waals surface area contributed by atoms with E-state index in [1.54, 1.807) is 19.1 Å². The van der Waals surface area contributed by atoms with E-state index in [9.17, 15) is 18.0 Å². The van der Waals surface area contributed by atoms with Crippen LogP contribution >= 0.6 is 11.3 Å². The molecule has 0 radical (unpaired) electrons. The molecular weight excluding hydrogens is 405 g/mol. The zero-order valence-corrected chi connectivity index (χ0v) is 15.7. The van der Waals surface area contributed by atoms with Crippen LogP contribution in [0.2, 0.25) is 0 Å². The highest BCUT2D eigenvalue weighted by Crippen LogP contribution is 2.37. The van der Waals surface area contributed by atoms with Gasteiger partial charge < -0.3 is 5.32 Å². The molecule has 7 nitrogen and oxygen atoms in total. The van der Waals surface area contributed by atoms with E-state index in [-0.39, 0.29) is 16.5 Å². The lowest BCUT2D eigenvalue weighted by Gasteiger charge is -2.11. The van der Waals surface area contributed by atoms with Gasteiger partial charge in [-0.3, -0.25) is 5.32 Å². The van der Waals surface area contributed by atoms with E-state index in [1.807, 2.05) is 6.07 Å². The second-order valence-corrected chi connectivity index (χ2v) is 6.51. The Kier molecular flexibility index (Phi) is 5.74. The number of carbonyl (C=O) groups excluding carboxylic acids is 1. The monoisotopic (exact) mass is 418 g/mol. The highest BCUT2D eigenvalue weighted by molar-refractivity contribution is 7.13. The van der Waals surface area contributed by atoms with E-state index in [2.05, 4.69) is 25.6 Å². The maximum atomic E-state index is 13.0. The summed E-state index contributed by atoms with van der Waals surface area (Å²) in [5.74, 6) is 0.134. The summed E-state index contributed by atoms with van der Waals surface area (Å²) < 4.78 is 39.0.